The third kappa shape index (κ3) is 2.22. The molecule has 1 unspecified atom stereocenters. The lowest BCUT2D eigenvalue weighted by atomic mass is 9.89. The van der Waals surface area contributed by atoms with Crippen molar-refractivity contribution in [2.75, 3.05) is 5.32 Å². The molecule has 6 nitrogen and oxygen atoms in total. The van der Waals surface area contributed by atoms with Gasteiger partial charge in [0, 0.05) is 17.8 Å². The van der Waals surface area contributed by atoms with E-state index in [0.29, 0.717) is 6.54 Å². The van der Waals surface area contributed by atoms with E-state index in [1.54, 1.807) is 6.33 Å². The van der Waals surface area contributed by atoms with E-state index < -0.39 is 0 Å². The molecule has 0 bridgehead atoms. The zero-order valence-corrected chi connectivity index (χ0v) is 14.6. The second-order valence-corrected chi connectivity index (χ2v) is 7.98. The van der Waals surface area contributed by atoms with Crippen LogP contribution in [0.4, 0.5) is 5.82 Å². The van der Waals surface area contributed by atoms with Gasteiger partial charge in [0.15, 0.2) is 5.82 Å². The predicted octanol–water partition coefficient (Wildman–Crippen LogP) is 2.97. The van der Waals surface area contributed by atoms with Crippen LogP contribution in [-0.4, -0.2) is 24.7 Å². The van der Waals surface area contributed by atoms with E-state index >= 15 is 0 Å². The number of nitrogens with zero attached hydrogens (tertiary/aromatic N) is 5. The van der Waals surface area contributed by atoms with Crippen molar-refractivity contribution in [1.29, 1.82) is 0 Å². The van der Waals surface area contributed by atoms with Crippen molar-refractivity contribution in [3.8, 4) is 0 Å². The summed E-state index contributed by atoms with van der Waals surface area (Å²) >= 11 is 1.84. The van der Waals surface area contributed by atoms with Gasteiger partial charge in [0.1, 0.15) is 22.8 Å². The number of thiophene rings is 1. The van der Waals surface area contributed by atoms with Crippen LogP contribution < -0.4 is 5.32 Å². The third-order valence-corrected chi connectivity index (χ3v) is 6.35. The maximum Gasteiger partial charge on any atom is 0.152 e. The highest BCUT2D eigenvalue weighted by atomic mass is 32.1. The fourth-order valence-corrected chi connectivity index (χ4v) is 5.26. The summed E-state index contributed by atoms with van der Waals surface area (Å²) in [6.07, 6.45) is 7.45. The van der Waals surface area contributed by atoms with Crippen LogP contribution in [0.3, 0.4) is 0 Å². The Kier molecular flexibility index (Phi) is 3.29. The van der Waals surface area contributed by atoms with Gasteiger partial charge in [0.05, 0.1) is 11.9 Å². The molecule has 5 rings (SSSR count). The quantitative estimate of drug-likeness (QED) is 0.794. The Balaban J connectivity index is 1.48. The minimum atomic E-state index is 0.667. The molecule has 124 valence electrons. The molecular weight excluding hydrogens is 320 g/mol. The van der Waals surface area contributed by atoms with Gasteiger partial charge in [0.25, 0.3) is 0 Å². The Morgan fingerprint density at radius 2 is 2.25 bits per heavy atom. The molecule has 1 aliphatic heterocycles. The first kappa shape index (κ1) is 14.3. The summed E-state index contributed by atoms with van der Waals surface area (Å²) in [5, 5.41) is 13.3. The monoisotopic (exact) mass is 340 g/mol. The van der Waals surface area contributed by atoms with Gasteiger partial charge in [-0.1, -0.05) is 6.92 Å². The zero-order valence-electron chi connectivity index (χ0n) is 13.7. The van der Waals surface area contributed by atoms with E-state index in [1.165, 1.54) is 35.1 Å². The SMILES string of the molecule is CC1CCc2c(sc3ncnc(NCc4nnc5n4CCC5)c23)C1. The van der Waals surface area contributed by atoms with Crippen LogP contribution >= 0.6 is 11.3 Å². The number of aryl methyl sites for hydroxylation is 2. The molecule has 24 heavy (non-hydrogen) atoms. The molecule has 7 heteroatoms. The first-order valence-corrected chi connectivity index (χ1v) is 9.51. The summed E-state index contributed by atoms with van der Waals surface area (Å²) in [4.78, 5) is 11.6. The largest absolute Gasteiger partial charge is 0.362 e. The molecule has 0 fully saturated rings. The van der Waals surface area contributed by atoms with Crippen molar-refractivity contribution in [2.45, 2.75) is 52.1 Å². The number of hydrogen-bond acceptors (Lipinski definition) is 6. The molecule has 0 amide bonds. The van der Waals surface area contributed by atoms with Gasteiger partial charge in [-0.15, -0.1) is 21.5 Å². The summed E-state index contributed by atoms with van der Waals surface area (Å²) in [7, 11) is 0. The maximum absolute atomic E-state index is 4.53. The Hall–Kier alpha value is -2.02. The van der Waals surface area contributed by atoms with Crippen molar-refractivity contribution in [2.24, 2.45) is 5.92 Å². The van der Waals surface area contributed by atoms with Crippen LogP contribution in [0.15, 0.2) is 6.33 Å². The van der Waals surface area contributed by atoms with Crippen molar-refractivity contribution in [1.82, 2.24) is 24.7 Å². The first-order valence-electron chi connectivity index (χ1n) is 8.69. The van der Waals surface area contributed by atoms with E-state index in [1.807, 2.05) is 11.3 Å². The summed E-state index contributed by atoms with van der Waals surface area (Å²) in [6.45, 7) is 4.04. The average Bonchev–Trinajstić information content (AvgIpc) is 3.26. The summed E-state index contributed by atoms with van der Waals surface area (Å²) in [5.74, 6) is 3.84. The molecule has 1 N–H and O–H groups in total. The van der Waals surface area contributed by atoms with E-state index in [-0.39, 0.29) is 0 Å². The van der Waals surface area contributed by atoms with Crippen molar-refractivity contribution in [3.05, 3.63) is 28.4 Å². The lowest BCUT2D eigenvalue weighted by Gasteiger charge is -2.18. The van der Waals surface area contributed by atoms with Crippen LogP contribution in [0, 0.1) is 5.92 Å². The Morgan fingerprint density at radius 3 is 3.21 bits per heavy atom. The van der Waals surface area contributed by atoms with Crippen LogP contribution in [0.25, 0.3) is 10.2 Å². The predicted molar refractivity (Wildman–Crippen MR) is 94.3 cm³/mol. The molecule has 2 aliphatic rings. The lowest BCUT2D eigenvalue weighted by molar-refractivity contribution is 0.509. The molecule has 0 saturated carbocycles. The molecular formula is C17H20N6S. The molecule has 0 saturated heterocycles. The van der Waals surface area contributed by atoms with Crippen molar-refractivity contribution in [3.63, 3.8) is 0 Å². The Bertz CT molecular complexity index is 911. The third-order valence-electron chi connectivity index (χ3n) is 5.19. The van der Waals surface area contributed by atoms with Gasteiger partial charge >= 0.3 is 0 Å². The highest BCUT2D eigenvalue weighted by Crippen LogP contribution is 2.39. The number of nitrogens with one attached hydrogen (secondary N) is 1. The average molecular weight is 340 g/mol. The molecule has 0 radical (unpaired) electrons. The van der Waals surface area contributed by atoms with Crippen LogP contribution in [0.2, 0.25) is 0 Å². The maximum atomic E-state index is 4.53. The second kappa shape index (κ2) is 5.51. The summed E-state index contributed by atoms with van der Waals surface area (Å²) in [6, 6.07) is 0. The van der Waals surface area contributed by atoms with E-state index in [0.717, 1.165) is 47.6 Å². The smallest absolute Gasteiger partial charge is 0.152 e. The minimum Gasteiger partial charge on any atom is -0.362 e. The number of fused-ring (bicyclic) bond motifs is 4. The van der Waals surface area contributed by atoms with Gasteiger partial charge in [-0.25, -0.2) is 9.97 Å². The molecule has 1 atom stereocenters. The van der Waals surface area contributed by atoms with Crippen LogP contribution in [-0.2, 0) is 32.4 Å². The highest BCUT2D eigenvalue weighted by Gasteiger charge is 2.23. The minimum absolute atomic E-state index is 0.667. The molecule has 4 heterocycles. The normalized spacial score (nSPS) is 19.5. The second-order valence-electron chi connectivity index (χ2n) is 6.90. The van der Waals surface area contributed by atoms with Gasteiger partial charge < -0.3 is 9.88 Å². The summed E-state index contributed by atoms with van der Waals surface area (Å²) < 4.78 is 2.23. The van der Waals surface area contributed by atoms with Crippen LogP contribution in [0.1, 0.15) is 41.9 Å². The first-order chi connectivity index (χ1) is 11.8. The number of anilines is 1. The number of aromatic nitrogens is 5. The Morgan fingerprint density at radius 1 is 1.29 bits per heavy atom. The topological polar surface area (TPSA) is 68.5 Å². The standard InChI is InChI=1S/C17H20N6S/c1-10-4-5-11-12(7-10)24-17-15(11)16(19-9-20-17)18-8-14-22-21-13-3-2-6-23(13)14/h9-10H,2-8H2,1H3,(H,18,19,20). The lowest BCUT2D eigenvalue weighted by Crippen LogP contribution is -2.11. The molecule has 3 aromatic rings. The molecule has 3 aromatic heterocycles. The highest BCUT2D eigenvalue weighted by molar-refractivity contribution is 7.19. The molecule has 0 aromatic carbocycles. The summed E-state index contributed by atoms with van der Waals surface area (Å²) in [5.41, 5.74) is 1.46. The van der Waals surface area contributed by atoms with Gasteiger partial charge in [-0.2, -0.15) is 0 Å². The van der Waals surface area contributed by atoms with Gasteiger partial charge in [-0.3, -0.25) is 0 Å². The number of rotatable bonds is 3. The fourth-order valence-electron chi connectivity index (χ4n) is 3.91. The Labute approximate surface area is 144 Å². The molecule has 0 spiro atoms. The van der Waals surface area contributed by atoms with E-state index in [9.17, 15) is 0 Å². The molecule has 1 aliphatic carbocycles. The van der Waals surface area contributed by atoms with Crippen LogP contribution in [0.5, 0.6) is 0 Å². The van der Waals surface area contributed by atoms with Crippen molar-refractivity contribution >= 4 is 27.4 Å². The fraction of sp³-hybridized carbons (Fsp3) is 0.529. The van der Waals surface area contributed by atoms with E-state index in [4.69, 9.17) is 0 Å². The van der Waals surface area contributed by atoms with Gasteiger partial charge in [-0.05, 0) is 37.2 Å². The number of hydrogen-bond donors (Lipinski definition) is 1. The van der Waals surface area contributed by atoms with Gasteiger partial charge in [0.2, 0.25) is 0 Å². The van der Waals surface area contributed by atoms with E-state index in [2.05, 4.69) is 37.0 Å². The zero-order chi connectivity index (χ0) is 16.1. The van der Waals surface area contributed by atoms with Crippen molar-refractivity contribution < 1.29 is 0 Å².